The molecule has 1 aliphatic carbocycles. The number of allylic oxidation sites excluding steroid dienone is 1. The van der Waals surface area contributed by atoms with Crippen molar-refractivity contribution < 1.29 is 17.9 Å². The molecule has 160 valence electrons. The van der Waals surface area contributed by atoms with Crippen LogP contribution in [0.25, 0.3) is 0 Å². The predicted octanol–water partition coefficient (Wildman–Crippen LogP) is 3.41. The van der Waals surface area contributed by atoms with E-state index in [2.05, 4.69) is 11.4 Å². The molecular formula is C22H32N2O4S. The Morgan fingerprint density at radius 1 is 1.28 bits per heavy atom. The summed E-state index contributed by atoms with van der Waals surface area (Å²) in [5.41, 5.74) is 2.28. The lowest BCUT2D eigenvalue weighted by Gasteiger charge is -2.31. The lowest BCUT2D eigenvalue weighted by atomic mass is 9.96. The second-order valence-corrected chi connectivity index (χ2v) is 9.91. The maximum absolute atomic E-state index is 13.2. The molecule has 6 nitrogen and oxygen atoms in total. The number of carbonyl (C=O) groups is 1. The third-order valence-corrected chi connectivity index (χ3v) is 7.71. The Morgan fingerprint density at radius 2 is 2.10 bits per heavy atom. The molecule has 0 spiro atoms. The van der Waals surface area contributed by atoms with Crippen molar-refractivity contribution in [2.75, 3.05) is 26.7 Å². The quantitative estimate of drug-likeness (QED) is 0.686. The molecular weight excluding hydrogens is 388 g/mol. The Hall–Kier alpha value is -1.86. The minimum Gasteiger partial charge on any atom is -0.495 e. The van der Waals surface area contributed by atoms with Crippen molar-refractivity contribution in [3.05, 3.63) is 35.4 Å². The van der Waals surface area contributed by atoms with Crippen LogP contribution in [0.5, 0.6) is 5.75 Å². The Kier molecular flexibility index (Phi) is 7.35. The summed E-state index contributed by atoms with van der Waals surface area (Å²) in [6, 6.07) is 5.14. The van der Waals surface area contributed by atoms with Crippen molar-refractivity contribution in [3.8, 4) is 5.75 Å². The number of ether oxygens (including phenoxy) is 1. The van der Waals surface area contributed by atoms with E-state index in [9.17, 15) is 13.2 Å². The fourth-order valence-corrected chi connectivity index (χ4v) is 5.89. The summed E-state index contributed by atoms with van der Waals surface area (Å²) in [6.45, 7) is 3.12. The van der Waals surface area contributed by atoms with Gasteiger partial charge in [0, 0.05) is 19.6 Å². The topological polar surface area (TPSA) is 75.7 Å². The number of nitrogens with one attached hydrogen (secondary N) is 1. The molecule has 1 saturated heterocycles. The summed E-state index contributed by atoms with van der Waals surface area (Å²) in [7, 11) is -2.24. The number of benzene rings is 1. The SMILES string of the molecule is COc1ccc(C)cc1S(=O)(=O)N1CCC[C@@H](C(=O)NCCC2=CCCCC2)C1. The van der Waals surface area contributed by atoms with E-state index >= 15 is 0 Å². The van der Waals surface area contributed by atoms with E-state index in [1.165, 1.54) is 29.8 Å². The van der Waals surface area contributed by atoms with Crippen LogP contribution in [0.15, 0.2) is 34.7 Å². The molecule has 1 aromatic carbocycles. The van der Waals surface area contributed by atoms with E-state index < -0.39 is 10.0 Å². The molecule has 2 aliphatic rings. The fraction of sp³-hybridized carbons (Fsp3) is 0.591. The van der Waals surface area contributed by atoms with Crippen LogP contribution in [0, 0.1) is 12.8 Å². The number of hydrogen-bond donors (Lipinski definition) is 1. The molecule has 29 heavy (non-hydrogen) atoms. The van der Waals surface area contributed by atoms with Gasteiger partial charge in [-0.25, -0.2) is 8.42 Å². The number of piperidine rings is 1. The standard InChI is InChI=1S/C22H32N2O4S/c1-17-10-11-20(28-2)21(15-17)29(26,27)24-14-6-9-19(16-24)22(25)23-13-12-18-7-4-3-5-8-18/h7,10-11,15,19H,3-6,8-9,12-14,16H2,1-2H3,(H,23,25)/t19-/m1/s1. The van der Waals surface area contributed by atoms with Crippen molar-refractivity contribution in [1.29, 1.82) is 0 Å². The molecule has 7 heteroatoms. The van der Waals surface area contributed by atoms with Gasteiger partial charge in [0.2, 0.25) is 15.9 Å². The monoisotopic (exact) mass is 420 g/mol. The minimum atomic E-state index is -3.71. The van der Waals surface area contributed by atoms with Gasteiger partial charge >= 0.3 is 0 Å². The Bertz CT molecular complexity index is 864. The van der Waals surface area contributed by atoms with Gasteiger partial charge in [0.15, 0.2) is 0 Å². The summed E-state index contributed by atoms with van der Waals surface area (Å²) in [4.78, 5) is 12.8. The Balaban J connectivity index is 1.63. The highest BCUT2D eigenvalue weighted by Crippen LogP contribution is 2.30. The number of carbonyl (C=O) groups excluding carboxylic acids is 1. The third-order valence-electron chi connectivity index (χ3n) is 5.82. The number of rotatable bonds is 7. The first-order valence-electron chi connectivity index (χ1n) is 10.5. The fourth-order valence-electron chi connectivity index (χ4n) is 4.12. The molecule has 1 aliphatic heterocycles. The lowest BCUT2D eigenvalue weighted by Crippen LogP contribution is -2.45. The van der Waals surface area contributed by atoms with Gasteiger partial charge < -0.3 is 10.1 Å². The molecule has 0 saturated carbocycles. The van der Waals surface area contributed by atoms with Crippen molar-refractivity contribution in [1.82, 2.24) is 9.62 Å². The molecule has 1 N–H and O–H groups in total. The van der Waals surface area contributed by atoms with Gasteiger partial charge in [0.25, 0.3) is 0 Å². The van der Waals surface area contributed by atoms with Gasteiger partial charge in [-0.1, -0.05) is 17.7 Å². The van der Waals surface area contributed by atoms with Gasteiger partial charge in [0.05, 0.1) is 13.0 Å². The smallest absolute Gasteiger partial charge is 0.246 e. The number of hydrogen-bond acceptors (Lipinski definition) is 4. The van der Waals surface area contributed by atoms with E-state index in [1.54, 1.807) is 12.1 Å². The van der Waals surface area contributed by atoms with Gasteiger partial charge in [-0.15, -0.1) is 0 Å². The molecule has 0 radical (unpaired) electrons. The second-order valence-electron chi connectivity index (χ2n) is 8.01. The van der Waals surface area contributed by atoms with Crippen LogP contribution < -0.4 is 10.1 Å². The van der Waals surface area contributed by atoms with E-state index in [4.69, 9.17) is 4.74 Å². The van der Waals surface area contributed by atoms with Crippen LogP contribution in [0.4, 0.5) is 0 Å². The maximum atomic E-state index is 13.2. The summed E-state index contributed by atoms with van der Waals surface area (Å²) >= 11 is 0. The number of amides is 1. The normalized spacial score (nSPS) is 20.8. The average Bonchev–Trinajstić information content (AvgIpc) is 2.74. The van der Waals surface area contributed by atoms with E-state index in [1.807, 2.05) is 13.0 Å². The van der Waals surface area contributed by atoms with Gasteiger partial charge in [-0.05, 0) is 69.6 Å². The molecule has 1 heterocycles. The van der Waals surface area contributed by atoms with Gasteiger partial charge in [-0.2, -0.15) is 4.31 Å². The summed E-state index contributed by atoms with van der Waals surface area (Å²) in [5.74, 6) is -0.0184. The Morgan fingerprint density at radius 3 is 2.83 bits per heavy atom. The summed E-state index contributed by atoms with van der Waals surface area (Å²) in [6.07, 6.45) is 9.33. The molecule has 0 bridgehead atoms. The third kappa shape index (κ3) is 5.39. The van der Waals surface area contributed by atoms with Crippen LogP contribution in [-0.2, 0) is 14.8 Å². The first-order chi connectivity index (χ1) is 13.9. The molecule has 1 aromatic rings. The lowest BCUT2D eigenvalue weighted by molar-refractivity contribution is -0.126. The molecule has 1 fully saturated rings. The highest BCUT2D eigenvalue weighted by Gasteiger charge is 2.34. The molecule has 1 amide bonds. The highest BCUT2D eigenvalue weighted by atomic mass is 32.2. The molecule has 0 aromatic heterocycles. The summed E-state index contributed by atoms with van der Waals surface area (Å²) in [5, 5.41) is 3.02. The van der Waals surface area contributed by atoms with Crippen molar-refractivity contribution in [3.63, 3.8) is 0 Å². The highest BCUT2D eigenvalue weighted by molar-refractivity contribution is 7.89. The number of methoxy groups -OCH3 is 1. The summed E-state index contributed by atoms with van der Waals surface area (Å²) < 4.78 is 33.1. The van der Waals surface area contributed by atoms with E-state index in [-0.39, 0.29) is 23.3 Å². The largest absolute Gasteiger partial charge is 0.495 e. The van der Waals surface area contributed by atoms with Gasteiger partial charge in [0.1, 0.15) is 10.6 Å². The first-order valence-corrected chi connectivity index (χ1v) is 12.0. The zero-order chi connectivity index (χ0) is 20.9. The second kappa shape index (κ2) is 9.76. The van der Waals surface area contributed by atoms with Crippen LogP contribution in [0.2, 0.25) is 0 Å². The minimum absolute atomic E-state index is 0.0440. The van der Waals surface area contributed by atoms with E-state index in [0.717, 1.165) is 24.8 Å². The predicted molar refractivity (Wildman–Crippen MR) is 113 cm³/mol. The zero-order valence-electron chi connectivity index (χ0n) is 17.4. The first kappa shape index (κ1) is 21.8. The van der Waals surface area contributed by atoms with Crippen LogP contribution in [0.3, 0.4) is 0 Å². The molecule has 3 rings (SSSR count). The number of nitrogens with zero attached hydrogens (tertiary/aromatic N) is 1. The van der Waals surface area contributed by atoms with Crippen LogP contribution >= 0.6 is 0 Å². The zero-order valence-corrected chi connectivity index (χ0v) is 18.3. The van der Waals surface area contributed by atoms with Crippen molar-refractivity contribution in [2.45, 2.75) is 56.8 Å². The van der Waals surface area contributed by atoms with Gasteiger partial charge in [-0.3, -0.25) is 4.79 Å². The van der Waals surface area contributed by atoms with Crippen molar-refractivity contribution in [2.24, 2.45) is 5.92 Å². The van der Waals surface area contributed by atoms with Crippen molar-refractivity contribution >= 4 is 15.9 Å². The van der Waals surface area contributed by atoms with E-state index in [0.29, 0.717) is 31.7 Å². The average molecular weight is 421 g/mol. The Labute approximate surface area is 174 Å². The molecule has 0 unspecified atom stereocenters. The maximum Gasteiger partial charge on any atom is 0.246 e. The number of sulfonamides is 1. The number of aryl methyl sites for hydroxylation is 1. The van der Waals surface area contributed by atoms with Crippen LogP contribution in [0.1, 0.15) is 50.5 Å². The molecule has 1 atom stereocenters. The van der Waals surface area contributed by atoms with Crippen LogP contribution in [-0.4, -0.2) is 45.4 Å².